The van der Waals surface area contributed by atoms with Crippen LogP contribution in [0.15, 0.2) is 16.3 Å². The van der Waals surface area contributed by atoms with E-state index in [4.69, 9.17) is 0 Å². The third kappa shape index (κ3) is 1.63. The Hall–Kier alpha value is 0.780. The number of thioether (sulfide) groups is 1. The summed E-state index contributed by atoms with van der Waals surface area (Å²) in [5, 5.41) is 0. The molecule has 0 amide bonds. The highest BCUT2D eigenvalue weighted by Gasteiger charge is 1.91. The molecule has 0 unspecified atom stereocenters. The van der Waals surface area contributed by atoms with E-state index in [1.807, 2.05) is 11.3 Å². The molecule has 0 radical (unpaired) electrons. The molecule has 0 bridgehead atoms. The van der Waals surface area contributed by atoms with E-state index in [1.165, 1.54) is 7.09 Å². The Labute approximate surface area is 70.8 Å². The first-order valence-corrected chi connectivity index (χ1v) is 5.24. The third-order valence-electron chi connectivity index (χ3n) is 0.750. The monoisotopic (exact) mass is 256 g/mol. The van der Waals surface area contributed by atoms with Crippen molar-refractivity contribution >= 4 is 45.7 Å². The molecule has 0 spiro atoms. The van der Waals surface area contributed by atoms with Gasteiger partial charge in [0.05, 0.1) is 7.09 Å². The van der Waals surface area contributed by atoms with Crippen molar-refractivity contribution < 1.29 is 0 Å². The summed E-state index contributed by atoms with van der Waals surface area (Å²) in [6.45, 7) is 0. The Bertz CT molecular complexity index is 171. The van der Waals surface area contributed by atoms with Crippen molar-refractivity contribution in [3.63, 3.8) is 0 Å². The predicted octanol–water partition coefficient (Wildman–Crippen LogP) is 3.07. The molecule has 0 atom stereocenters. The Balaban J connectivity index is 2.84. The first-order chi connectivity index (χ1) is 3.83. The highest BCUT2D eigenvalue weighted by molar-refractivity contribution is 14.1. The van der Waals surface area contributed by atoms with E-state index in [0.717, 1.165) is 0 Å². The topological polar surface area (TPSA) is 0 Å². The van der Waals surface area contributed by atoms with Gasteiger partial charge >= 0.3 is 0 Å². The van der Waals surface area contributed by atoms with Crippen LogP contribution in [-0.2, 0) is 0 Å². The van der Waals surface area contributed by atoms with Crippen LogP contribution < -0.4 is 0 Å². The van der Waals surface area contributed by atoms with Gasteiger partial charge in [-0.1, -0.05) is 0 Å². The van der Waals surface area contributed by atoms with E-state index in [9.17, 15) is 0 Å². The fourth-order valence-corrected chi connectivity index (χ4v) is 3.02. The summed E-state index contributed by atoms with van der Waals surface area (Å²) in [4.78, 5) is 0. The first kappa shape index (κ1) is 6.89. The largest absolute Gasteiger partial charge is 0.123 e. The Kier molecular flexibility index (Phi) is 2.65. The van der Waals surface area contributed by atoms with Crippen molar-refractivity contribution in [2.75, 3.05) is 6.26 Å². The van der Waals surface area contributed by atoms with Crippen LogP contribution in [0.4, 0.5) is 0 Å². The van der Waals surface area contributed by atoms with Crippen molar-refractivity contribution in [1.82, 2.24) is 0 Å². The molecule has 0 aliphatic rings. The molecule has 0 N–H and O–H groups in total. The molecule has 3 heteroatoms. The fraction of sp³-hybridized carbons (Fsp3) is 0.200. The van der Waals surface area contributed by atoms with Gasteiger partial charge in [0.2, 0.25) is 0 Å². The minimum Gasteiger partial charge on any atom is -0.123 e. The maximum Gasteiger partial charge on any atom is 0.0665 e. The molecule has 1 heterocycles. The van der Waals surface area contributed by atoms with Gasteiger partial charge in [-0.15, -0.1) is 23.1 Å². The Morgan fingerprint density at radius 2 is 2.38 bits per heavy atom. The summed E-state index contributed by atoms with van der Waals surface area (Å²) in [7, 11) is 0. The molecule has 44 valence electrons. The number of halogens is 1. The van der Waals surface area contributed by atoms with E-state index < -0.39 is 0 Å². The molecular weight excluding hydrogens is 251 g/mol. The third-order valence-corrected chi connectivity index (χ3v) is 3.73. The van der Waals surface area contributed by atoms with Crippen molar-refractivity contribution in [2.24, 2.45) is 0 Å². The lowest BCUT2D eigenvalue weighted by Crippen LogP contribution is -1.46. The van der Waals surface area contributed by atoms with Crippen molar-refractivity contribution in [1.29, 1.82) is 0 Å². The molecule has 0 nitrogen and oxygen atoms in total. The van der Waals surface area contributed by atoms with Crippen LogP contribution in [0.1, 0.15) is 0 Å². The summed E-state index contributed by atoms with van der Waals surface area (Å²) < 4.78 is 2.77. The van der Waals surface area contributed by atoms with Crippen molar-refractivity contribution in [3.05, 3.63) is 15.0 Å². The molecule has 0 saturated carbocycles. The zero-order valence-corrected chi connectivity index (χ0v) is 8.14. The average Bonchev–Trinajstić information content (AvgIpc) is 2.14. The van der Waals surface area contributed by atoms with Crippen LogP contribution in [0.25, 0.3) is 0 Å². The minimum atomic E-state index is 1.37. The fourth-order valence-electron chi connectivity index (χ4n) is 0.407. The average molecular weight is 256 g/mol. The zero-order valence-electron chi connectivity index (χ0n) is 4.35. The Morgan fingerprint density at radius 1 is 1.62 bits per heavy atom. The standard InChI is InChI=1S/C5H5IS2/c1-7-5-3-2-4(6)8-5/h2-3H,1H3. The van der Waals surface area contributed by atoms with Crippen LogP contribution in [0.2, 0.25) is 0 Å². The zero-order chi connectivity index (χ0) is 5.98. The molecule has 0 aromatic carbocycles. The molecule has 0 saturated heterocycles. The Morgan fingerprint density at radius 3 is 2.62 bits per heavy atom. The van der Waals surface area contributed by atoms with Gasteiger partial charge in [0.25, 0.3) is 0 Å². The SMILES string of the molecule is CSc1ccc(I)s1. The molecule has 1 rings (SSSR count). The van der Waals surface area contributed by atoms with Gasteiger partial charge in [-0.3, -0.25) is 0 Å². The van der Waals surface area contributed by atoms with Gasteiger partial charge in [0.15, 0.2) is 0 Å². The molecular formula is C5H5IS2. The number of thiophene rings is 1. The highest BCUT2D eigenvalue weighted by Crippen LogP contribution is 2.25. The van der Waals surface area contributed by atoms with E-state index >= 15 is 0 Å². The van der Waals surface area contributed by atoms with Gasteiger partial charge in [-0.2, -0.15) is 0 Å². The summed E-state index contributed by atoms with van der Waals surface area (Å²) in [6.07, 6.45) is 2.10. The van der Waals surface area contributed by atoms with E-state index in [1.54, 1.807) is 11.8 Å². The summed E-state index contributed by atoms with van der Waals surface area (Å²) in [5.41, 5.74) is 0. The quantitative estimate of drug-likeness (QED) is 0.549. The second kappa shape index (κ2) is 3.08. The van der Waals surface area contributed by atoms with Crippen molar-refractivity contribution in [3.8, 4) is 0 Å². The predicted molar refractivity (Wildman–Crippen MR) is 48.8 cm³/mol. The van der Waals surface area contributed by atoms with E-state index in [0.29, 0.717) is 0 Å². The highest BCUT2D eigenvalue weighted by atomic mass is 127. The number of hydrogen-bond acceptors (Lipinski definition) is 2. The second-order valence-corrected chi connectivity index (χ2v) is 5.35. The molecule has 0 aliphatic carbocycles. The summed E-state index contributed by atoms with van der Waals surface area (Å²) in [6, 6.07) is 4.29. The normalized spacial score (nSPS) is 9.75. The second-order valence-electron chi connectivity index (χ2n) is 1.26. The van der Waals surface area contributed by atoms with Crippen LogP contribution >= 0.6 is 45.7 Å². The first-order valence-electron chi connectivity index (χ1n) is 2.12. The van der Waals surface area contributed by atoms with Gasteiger partial charge in [0.1, 0.15) is 0 Å². The van der Waals surface area contributed by atoms with Gasteiger partial charge in [-0.05, 0) is 41.0 Å². The van der Waals surface area contributed by atoms with Gasteiger partial charge < -0.3 is 0 Å². The van der Waals surface area contributed by atoms with Crippen molar-refractivity contribution in [2.45, 2.75) is 4.21 Å². The van der Waals surface area contributed by atoms with E-state index in [-0.39, 0.29) is 0 Å². The molecule has 0 aliphatic heterocycles. The molecule has 1 aromatic heterocycles. The molecule has 0 fully saturated rings. The molecule has 8 heavy (non-hydrogen) atoms. The number of rotatable bonds is 1. The van der Waals surface area contributed by atoms with E-state index in [2.05, 4.69) is 41.0 Å². The van der Waals surface area contributed by atoms with Gasteiger partial charge in [-0.25, -0.2) is 0 Å². The maximum absolute atomic E-state index is 2.33. The maximum atomic E-state index is 2.33. The van der Waals surface area contributed by atoms with Crippen LogP contribution in [0.5, 0.6) is 0 Å². The van der Waals surface area contributed by atoms with Crippen LogP contribution in [-0.4, -0.2) is 6.26 Å². The van der Waals surface area contributed by atoms with Gasteiger partial charge in [0, 0.05) is 0 Å². The lowest BCUT2D eigenvalue weighted by molar-refractivity contribution is 1.74. The van der Waals surface area contributed by atoms with Crippen LogP contribution in [0.3, 0.4) is 0 Å². The minimum absolute atomic E-state index is 1.37. The molecule has 1 aromatic rings. The lowest BCUT2D eigenvalue weighted by atomic mass is 10.7. The van der Waals surface area contributed by atoms with Crippen LogP contribution in [0, 0.1) is 2.88 Å². The lowest BCUT2D eigenvalue weighted by Gasteiger charge is -1.79. The summed E-state index contributed by atoms with van der Waals surface area (Å²) in [5.74, 6) is 0. The summed E-state index contributed by atoms with van der Waals surface area (Å²) >= 11 is 5.97. The smallest absolute Gasteiger partial charge is 0.0665 e. The number of hydrogen-bond donors (Lipinski definition) is 0.